The number of hydrogen-bond acceptors (Lipinski definition) is 6. The zero-order valence-corrected chi connectivity index (χ0v) is 14.9. The minimum Gasteiger partial charge on any atom is -0.345 e. The van der Waals surface area contributed by atoms with Crippen molar-refractivity contribution in [1.29, 1.82) is 0 Å². The van der Waals surface area contributed by atoms with E-state index in [1.54, 1.807) is 36.7 Å². The van der Waals surface area contributed by atoms with Gasteiger partial charge >= 0.3 is 0 Å². The standard InChI is InChI=1S/C17H14N4O5S/c1-27(25,26)15-9-12(8-14(10-15)21(23)24)17(22)20-13-4-2-3-11(7-13)16-18-5-6-19-16/h2-10H,1H3,(H,18,19)(H,20,22). The number of nitro benzene ring substituents is 1. The molecule has 0 bridgehead atoms. The third kappa shape index (κ3) is 4.18. The lowest BCUT2D eigenvalue weighted by molar-refractivity contribution is -0.385. The Morgan fingerprint density at radius 1 is 1.22 bits per heavy atom. The molecule has 27 heavy (non-hydrogen) atoms. The van der Waals surface area contributed by atoms with Crippen LogP contribution in [-0.2, 0) is 9.84 Å². The molecule has 0 unspecified atom stereocenters. The fourth-order valence-electron chi connectivity index (χ4n) is 2.40. The van der Waals surface area contributed by atoms with E-state index in [4.69, 9.17) is 0 Å². The number of nitro groups is 1. The minimum atomic E-state index is -3.72. The number of anilines is 1. The Balaban J connectivity index is 1.94. The van der Waals surface area contributed by atoms with E-state index in [1.807, 2.05) is 0 Å². The van der Waals surface area contributed by atoms with Gasteiger partial charge in [-0.3, -0.25) is 14.9 Å². The van der Waals surface area contributed by atoms with Crippen molar-refractivity contribution in [1.82, 2.24) is 9.97 Å². The number of hydrogen-bond donors (Lipinski definition) is 2. The molecule has 138 valence electrons. The first-order valence-electron chi connectivity index (χ1n) is 7.65. The fraction of sp³-hybridized carbons (Fsp3) is 0.0588. The van der Waals surface area contributed by atoms with Crippen LogP contribution in [0.3, 0.4) is 0 Å². The number of nitrogens with zero attached hydrogens (tertiary/aromatic N) is 2. The molecule has 0 atom stereocenters. The summed E-state index contributed by atoms with van der Waals surface area (Å²) < 4.78 is 23.5. The highest BCUT2D eigenvalue weighted by Gasteiger charge is 2.19. The first-order valence-corrected chi connectivity index (χ1v) is 9.54. The molecule has 2 aromatic carbocycles. The van der Waals surface area contributed by atoms with Crippen molar-refractivity contribution in [3.63, 3.8) is 0 Å². The predicted octanol–water partition coefficient (Wildman–Crippen LogP) is 2.64. The molecule has 0 saturated carbocycles. The van der Waals surface area contributed by atoms with Crippen LogP contribution in [-0.4, -0.2) is 35.5 Å². The van der Waals surface area contributed by atoms with Gasteiger partial charge in [-0.25, -0.2) is 13.4 Å². The minimum absolute atomic E-state index is 0.131. The molecule has 1 heterocycles. The van der Waals surface area contributed by atoms with Crippen LogP contribution in [0.4, 0.5) is 11.4 Å². The molecule has 0 fully saturated rings. The summed E-state index contributed by atoms with van der Waals surface area (Å²) in [5, 5.41) is 13.7. The Kier molecular flexibility index (Phi) is 4.74. The number of aromatic amines is 1. The van der Waals surface area contributed by atoms with Crippen molar-refractivity contribution in [2.45, 2.75) is 4.90 Å². The molecule has 0 saturated heterocycles. The Hall–Kier alpha value is -3.53. The molecule has 10 heteroatoms. The molecule has 3 aromatic rings. The van der Waals surface area contributed by atoms with Crippen LogP contribution in [0.25, 0.3) is 11.4 Å². The van der Waals surface area contributed by atoms with E-state index < -0.39 is 26.4 Å². The van der Waals surface area contributed by atoms with E-state index >= 15 is 0 Å². The van der Waals surface area contributed by atoms with Gasteiger partial charge in [-0.05, 0) is 18.2 Å². The number of carbonyl (C=O) groups is 1. The lowest BCUT2D eigenvalue weighted by Crippen LogP contribution is -2.13. The molecular weight excluding hydrogens is 372 g/mol. The molecule has 0 aliphatic rings. The first kappa shape index (κ1) is 18.3. The second-order valence-electron chi connectivity index (χ2n) is 5.72. The van der Waals surface area contributed by atoms with Gasteiger partial charge < -0.3 is 10.3 Å². The maximum atomic E-state index is 12.5. The van der Waals surface area contributed by atoms with Gasteiger partial charge in [-0.1, -0.05) is 12.1 Å². The number of sulfone groups is 1. The molecule has 1 aromatic heterocycles. The van der Waals surface area contributed by atoms with E-state index in [2.05, 4.69) is 15.3 Å². The van der Waals surface area contributed by atoms with Crippen LogP contribution >= 0.6 is 0 Å². The molecule has 0 aliphatic carbocycles. The van der Waals surface area contributed by atoms with Gasteiger partial charge in [0.1, 0.15) is 5.82 Å². The van der Waals surface area contributed by atoms with Crippen LogP contribution < -0.4 is 5.32 Å². The van der Waals surface area contributed by atoms with E-state index in [0.29, 0.717) is 11.5 Å². The van der Waals surface area contributed by atoms with Crippen molar-refractivity contribution >= 4 is 27.1 Å². The number of non-ortho nitro benzene ring substituents is 1. The fourth-order valence-corrected chi connectivity index (χ4v) is 3.08. The summed E-state index contributed by atoms with van der Waals surface area (Å²) in [6.45, 7) is 0. The van der Waals surface area contributed by atoms with Gasteiger partial charge in [-0.2, -0.15) is 0 Å². The number of imidazole rings is 1. The van der Waals surface area contributed by atoms with Gasteiger partial charge in [0.2, 0.25) is 0 Å². The van der Waals surface area contributed by atoms with Gasteiger partial charge in [0.25, 0.3) is 11.6 Å². The van der Waals surface area contributed by atoms with Crippen LogP contribution in [0.5, 0.6) is 0 Å². The van der Waals surface area contributed by atoms with Gasteiger partial charge in [-0.15, -0.1) is 0 Å². The number of carbonyl (C=O) groups excluding carboxylic acids is 1. The summed E-state index contributed by atoms with van der Waals surface area (Å²) >= 11 is 0. The Labute approximate surface area is 154 Å². The second kappa shape index (κ2) is 7.00. The number of H-pyrrole nitrogens is 1. The maximum Gasteiger partial charge on any atom is 0.271 e. The Morgan fingerprint density at radius 3 is 2.63 bits per heavy atom. The number of amides is 1. The van der Waals surface area contributed by atoms with Crippen molar-refractivity contribution < 1.29 is 18.1 Å². The van der Waals surface area contributed by atoms with Crippen molar-refractivity contribution in [2.75, 3.05) is 11.6 Å². The highest BCUT2D eigenvalue weighted by molar-refractivity contribution is 7.90. The topological polar surface area (TPSA) is 135 Å². The number of rotatable bonds is 5. The second-order valence-corrected chi connectivity index (χ2v) is 7.73. The monoisotopic (exact) mass is 386 g/mol. The van der Waals surface area contributed by atoms with Crippen LogP contribution in [0.1, 0.15) is 10.4 Å². The highest BCUT2D eigenvalue weighted by Crippen LogP contribution is 2.23. The number of benzene rings is 2. The quantitative estimate of drug-likeness (QED) is 0.511. The third-order valence-corrected chi connectivity index (χ3v) is 4.78. The molecule has 1 amide bonds. The third-order valence-electron chi connectivity index (χ3n) is 3.68. The summed E-state index contributed by atoms with van der Waals surface area (Å²) in [5.74, 6) is -0.0546. The molecule has 0 aliphatic heterocycles. The Morgan fingerprint density at radius 2 is 2.00 bits per heavy atom. The lowest BCUT2D eigenvalue weighted by Gasteiger charge is -2.08. The van der Waals surface area contributed by atoms with Crippen LogP contribution in [0.15, 0.2) is 59.8 Å². The normalized spacial score (nSPS) is 11.1. The zero-order chi connectivity index (χ0) is 19.6. The van der Waals surface area contributed by atoms with Crippen LogP contribution in [0, 0.1) is 10.1 Å². The van der Waals surface area contributed by atoms with Gasteiger partial charge in [0, 0.05) is 47.6 Å². The number of aromatic nitrogens is 2. The first-order chi connectivity index (χ1) is 12.7. The molecule has 2 N–H and O–H groups in total. The van der Waals surface area contributed by atoms with Crippen molar-refractivity contribution in [3.05, 3.63) is 70.5 Å². The maximum absolute atomic E-state index is 12.5. The summed E-state index contributed by atoms with van der Waals surface area (Å²) in [5.41, 5.74) is 0.551. The molecule has 3 rings (SSSR count). The predicted molar refractivity (Wildman–Crippen MR) is 98.2 cm³/mol. The summed E-state index contributed by atoms with van der Waals surface area (Å²) in [7, 11) is -3.72. The van der Waals surface area contributed by atoms with E-state index in [0.717, 1.165) is 30.0 Å². The van der Waals surface area contributed by atoms with E-state index in [-0.39, 0.29) is 10.5 Å². The molecule has 9 nitrogen and oxygen atoms in total. The molecular formula is C17H14N4O5S. The SMILES string of the molecule is CS(=O)(=O)c1cc(C(=O)Nc2cccc(-c3ncc[nH]3)c2)cc([N+](=O)[O-])c1. The summed E-state index contributed by atoms with van der Waals surface area (Å²) in [4.78, 5) is 29.6. The summed E-state index contributed by atoms with van der Waals surface area (Å²) in [6.07, 6.45) is 4.17. The average Bonchev–Trinajstić information content (AvgIpc) is 3.15. The average molecular weight is 386 g/mol. The smallest absolute Gasteiger partial charge is 0.271 e. The van der Waals surface area contributed by atoms with Crippen LogP contribution in [0.2, 0.25) is 0 Å². The summed E-state index contributed by atoms with van der Waals surface area (Å²) in [6, 6.07) is 9.87. The zero-order valence-electron chi connectivity index (χ0n) is 14.0. The van der Waals surface area contributed by atoms with Crippen molar-refractivity contribution in [3.8, 4) is 11.4 Å². The number of nitrogens with one attached hydrogen (secondary N) is 2. The largest absolute Gasteiger partial charge is 0.345 e. The lowest BCUT2D eigenvalue weighted by atomic mass is 10.1. The Bertz CT molecular complexity index is 1120. The highest BCUT2D eigenvalue weighted by atomic mass is 32.2. The van der Waals surface area contributed by atoms with E-state index in [1.165, 1.54) is 0 Å². The van der Waals surface area contributed by atoms with E-state index in [9.17, 15) is 23.3 Å². The van der Waals surface area contributed by atoms with Gasteiger partial charge in [0.05, 0.1) is 9.82 Å². The molecule has 0 spiro atoms. The molecule has 0 radical (unpaired) electrons. The van der Waals surface area contributed by atoms with Gasteiger partial charge in [0.15, 0.2) is 9.84 Å². The van der Waals surface area contributed by atoms with Crippen molar-refractivity contribution in [2.24, 2.45) is 0 Å².